The Labute approximate surface area is 87.5 Å². The molecule has 1 heterocycles. The Bertz CT molecular complexity index is 141. The van der Waals surface area contributed by atoms with Crippen LogP contribution in [0.4, 0.5) is 0 Å². The minimum absolute atomic E-state index is 0.305. The molecule has 0 spiro atoms. The number of piperidine rings is 1. The van der Waals surface area contributed by atoms with Crippen LogP contribution in [0, 0.1) is 5.92 Å². The second-order valence-corrected chi connectivity index (χ2v) is 4.39. The number of rotatable bonds is 6. The van der Waals surface area contributed by atoms with Crippen molar-refractivity contribution >= 4 is 0 Å². The molecule has 0 aromatic rings. The standard InChI is InChI=1S/C11H24N2O/c1-13-8-2-4-11(10-13)5-7-12-6-3-9-14/h11-12,14H,2-10H2,1H3. The van der Waals surface area contributed by atoms with Crippen LogP contribution in [0.1, 0.15) is 25.7 Å². The van der Waals surface area contributed by atoms with Gasteiger partial charge in [-0.3, -0.25) is 0 Å². The third-order valence-corrected chi connectivity index (χ3v) is 2.96. The number of hydrogen-bond acceptors (Lipinski definition) is 3. The number of hydrogen-bond donors (Lipinski definition) is 2. The molecule has 2 N–H and O–H groups in total. The minimum Gasteiger partial charge on any atom is -0.396 e. The SMILES string of the molecule is CN1CCCC(CCNCCCO)C1. The van der Waals surface area contributed by atoms with E-state index in [4.69, 9.17) is 5.11 Å². The van der Waals surface area contributed by atoms with Gasteiger partial charge < -0.3 is 15.3 Å². The summed E-state index contributed by atoms with van der Waals surface area (Å²) in [4.78, 5) is 2.43. The van der Waals surface area contributed by atoms with Gasteiger partial charge in [0.25, 0.3) is 0 Å². The summed E-state index contributed by atoms with van der Waals surface area (Å²) in [5.41, 5.74) is 0. The summed E-state index contributed by atoms with van der Waals surface area (Å²) in [5.74, 6) is 0.885. The Morgan fingerprint density at radius 2 is 2.29 bits per heavy atom. The van der Waals surface area contributed by atoms with Crippen molar-refractivity contribution in [2.24, 2.45) is 5.92 Å². The van der Waals surface area contributed by atoms with E-state index in [1.165, 1.54) is 32.4 Å². The van der Waals surface area contributed by atoms with E-state index in [0.717, 1.165) is 25.4 Å². The monoisotopic (exact) mass is 200 g/mol. The van der Waals surface area contributed by atoms with Crippen molar-refractivity contribution in [3.8, 4) is 0 Å². The molecule has 0 aromatic heterocycles. The lowest BCUT2D eigenvalue weighted by atomic mass is 9.95. The highest BCUT2D eigenvalue weighted by Crippen LogP contribution is 2.17. The van der Waals surface area contributed by atoms with Crippen LogP contribution >= 0.6 is 0 Å². The average molecular weight is 200 g/mol. The van der Waals surface area contributed by atoms with Gasteiger partial charge in [0.1, 0.15) is 0 Å². The molecular weight excluding hydrogens is 176 g/mol. The molecule has 84 valence electrons. The first-order chi connectivity index (χ1) is 6.83. The van der Waals surface area contributed by atoms with Gasteiger partial charge in [-0.15, -0.1) is 0 Å². The van der Waals surface area contributed by atoms with Gasteiger partial charge in [0, 0.05) is 13.2 Å². The molecule has 1 saturated heterocycles. The molecule has 1 unspecified atom stereocenters. The molecule has 0 amide bonds. The van der Waals surface area contributed by atoms with Gasteiger partial charge in [-0.2, -0.15) is 0 Å². The predicted molar refractivity (Wildman–Crippen MR) is 59.4 cm³/mol. The van der Waals surface area contributed by atoms with E-state index >= 15 is 0 Å². The van der Waals surface area contributed by atoms with Gasteiger partial charge in [-0.25, -0.2) is 0 Å². The third-order valence-electron chi connectivity index (χ3n) is 2.96. The average Bonchev–Trinajstić information content (AvgIpc) is 2.18. The van der Waals surface area contributed by atoms with E-state index in [0.29, 0.717) is 6.61 Å². The van der Waals surface area contributed by atoms with Crippen LogP contribution in [-0.4, -0.2) is 49.8 Å². The highest BCUT2D eigenvalue weighted by atomic mass is 16.3. The lowest BCUT2D eigenvalue weighted by Crippen LogP contribution is -2.33. The lowest BCUT2D eigenvalue weighted by molar-refractivity contribution is 0.201. The molecule has 1 aliphatic rings. The van der Waals surface area contributed by atoms with Gasteiger partial charge in [-0.05, 0) is 58.3 Å². The Morgan fingerprint density at radius 3 is 3.00 bits per heavy atom. The summed E-state index contributed by atoms with van der Waals surface area (Å²) in [6.45, 7) is 4.91. The molecule has 1 atom stereocenters. The van der Waals surface area contributed by atoms with Crippen LogP contribution in [0.15, 0.2) is 0 Å². The summed E-state index contributed by atoms with van der Waals surface area (Å²) in [6, 6.07) is 0. The maximum atomic E-state index is 8.60. The summed E-state index contributed by atoms with van der Waals surface area (Å²) in [7, 11) is 2.21. The van der Waals surface area contributed by atoms with Gasteiger partial charge in [0.2, 0.25) is 0 Å². The number of nitrogens with one attached hydrogen (secondary N) is 1. The third kappa shape index (κ3) is 4.94. The summed E-state index contributed by atoms with van der Waals surface area (Å²) < 4.78 is 0. The highest BCUT2D eigenvalue weighted by molar-refractivity contribution is 4.71. The largest absolute Gasteiger partial charge is 0.396 e. The molecule has 0 bridgehead atoms. The van der Waals surface area contributed by atoms with Crippen molar-refractivity contribution in [3.63, 3.8) is 0 Å². The summed E-state index contributed by atoms with van der Waals surface area (Å²) in [6.07, 6.45) is 4.92. The van der Waals surface area contributed by atoms with E-state index < -0.39 is 0 Å². The molecule has 0 saturated carbocycles. The van der Waals surface area contributed by atoms with E-state index in [1.807, 2.05) is 0 Å². The Kier molecular flexibility index (Phi) is 6.15. The Morgan fingerprint density at radius 1 is 1.43 bits per heavy atom. The molecule has 1 rings (SSSR count). The van der Waals surface area contributed by atoms with E-state index in [1.54, 1.807) is 0 Å². The van der Waals surface area contributed by atoms with Crippen LogP contribution in [0.5, 0.6) is 0 Å². The van der Waals surface area contributed by atoms with Gasteiger partial charge in [-0.1, -0.05) is 0 Å². The Balaban J connectivity index is 1.95. The molecular formula is C11H24N2O. The van der Waals surface area contributed by atoms with Crippen LogP contribution in [0.3, 0.4) is 0 Å². The van der Waals surface area contributed by atoms with E-state index in [-0.39, 0.29) is 0 Å². The quantitative estimate of drug-likeness (QED) is 0.619. The number of aliphatic hydroxyl groups excluding tert-OH is 1. The Hall–Kier alpha value is -0.120. The van der Waals surface area contributed by atoms with Crippen molar-refractivity contribution < 1.29 is 5.11 Å². The fourth-order valence-corrected chi connectivity index (χ4v) is 2.14. The lowest BCUT2D eigenvalue weighted by Gasteiger charge is -2.29. The van der Waals surface area contributed by atoms with Crippen molar-refractivity contribution in [1.29, 1.82) is 0 Å². The maximum Gasteiger partial charge on any atom is 0.0443 e. The molecule has 1 fully saturated rings. The zero-order valence-electron chi connectivity index (χ0n) is 9.34. The van der Waals surface area contributed by atoms with Crippen molar-refractivity contribution in [2.75, 3.05) is 39.8 Å². The first-order valence-corrected chi connectivity index (χ1v) is 5.83. The van der Waals surface area contributed by atoms with Crippen molar-refractivity contribution in [1.82, 2.24) is 10.2 Å². The fraction of sp³-hybridized carbons (Fsp3) is 1.00. The predicted octanol–water partition coefficient (Wildman–Crippen LogP) is 0.690. The first-order valence-electron chi connectivity index (χ1n) is 5.83. The number of nitrogens with zero attached hydrogens (tertiary/aromatic N) is 1. The maximum absolute atomic E-state index is 8.60. The normalized spacial score (nSPS) is 24.0. The smallest absolute Gasteiger partial charge is 0.0443 e. The van der Waals surface area contributed by atoms with E-state index in [9.17, 15) is 0 Å². The number of likely N-dealkylation sites (tertiary alicyclic amines) is 1. The summed E-state index contributed by atoms with van der Waals surface area (Å²) >= 11 is 0. The zero-order valence-corrected chi connectivity index (χ0v) is 9.34. The second-order valence-electron chi connectivity index (χ2n) is 4.39. The topological polar surface area (TPSA) is 35.5 Å². The van der Waals surface area contributed by atoms with Gasteiger partial charge in [0.15, 0.2) is 0 Å². The molecule has 14 heavy (non-hydrogen) atoms. The van der Waals surface area contributed by atoms with Gasteiger partial charge in [0.05, 0.1) is 0 Å². The van der Waals surface area contributed by atoms with Crippen molar-refractivity contribution in [3.05, 3.63) is 0 Å². The van der Waals surface area contributed by atoms with Crippen LogP contribution < -0.4 is 5.32 Å². The molecule has 0 aliphatic carbocycles. The highest BCUT2D eigenvalue weighted by Gasteiger charge is 2.15. The first kappa shape index (κ1) is 12.0. The van der Waals surface area contributed by atoms with E-state index in [2.05, 4.69) is 17.3 Å². The molecule has 0 aromatic carbocycles. The fourth-order valence-electron chi connectivity index (χ4n) is 2.14. The molecule has 1 aliphatic heterocycles. The molecule has 3 nitrogen and oxygen atoms in total. The van der Waals surface area contributed by atoms with Crippen molar-refractivity contribution in [2.45, 2.75) is 25.7 Å². The molecule has 3 heteroatoms. The summed E-state index contributed by atoms with van der Waals surface area (Å²) in [5, 5.41) is 12.0. The zero-order chi connectivity index (χ0) is 10.2. The number of aliphatic hydroxyl groups is 1. The van der Waals surface area contributed by atoms with Crippen LogP contribution in [0.25, 0.3) is 0 Å². The molecule has 0 radical (unpaired) electrons. The van der Waals surface area contributed by atoms with Crippen LogP contribution in [0.2, 0.25) is 0 Å². The second kappa shape index (κ2) is 7.21. The van der Waals surface area contributed by atoms with Gasteiger partial charge >= 0.3 is 0 Å². The van der Waals surface area contributed by atoms with Crippen LogP contribution in [-0.2, 0) is 0 Å². The minimum atomic E-state index is 0.305.